The fraction of sp³-hybridized carbons (Fsp3) is 0.333. The SMILES string of the molecule is Cc1ccc([N+](=O)[O-])cc1NC(=O)c1ccc(OC2CCOCC2)nc1. The predicted molar refractivity (Wildman–Crippen MR) is 94.5 cm³/mol. The van der Waals surface area contributed by atoms with Crippen LogP contribution < -0.4 is 10.1 Å². The second-order valence-electron chi connectivity index (χ2n) is 6.03. The molecule has 136 valence electrons. The Bertz CT molecular complexity index is 801. The first kappa shape index (κ1) is 17.8. The van der Waals surface area contributed by atoms with Gasteiger partial charge in [-0.3, -0.25) is 14.9 Å². The number of nitrogens with zero attached hydrogens (tertiary/aromatic N) is 2. The van der Waals surface area contributed by atoms with Crippen LogP contribution in [0.1, 0.15) is 28.8 Å². The molecule has 1 aliphatic heterocycles. The van der Waals surface area contributed by atoms with Gasteiger partial charge in [-0.1, -0.05) is 6.07 Å². The summed E-state index contributed by atoms with van der Waals surface area (Å²) < 4.78 is 11.1. The number of nitro benzene ring substituents is 1. The molecule has 1 aliphatic rings. The lowest BCUT2D eigenvalue weighted by Crippen LogP contribution is -2.26. The molecule has 2 heterocycles. The number of pyridine rings is 1. The first-order chi connectivity index (χ1) is 12.5. The molecule has 1 saturated heterocycles. The average Bonchev–Trinajstić information content (AvgIpc) is 2.64. The third kappa shape index (κ3) is 4.34. The number of anilines is 1. The van der Waals surface area contributed by atoms with Gasteiger partial charge in [0.1, 0.15) is 6.10 Å². The molecule has 2 aromatic rings. The molecule has 1 amide bonds. The Morgan fingerprint density at radius 2 is 2.08 bits per heavy atom. The van der Waals surface area contributed by atoms with Crippen molar-refractivity contribution >= 4 is 17.3 Å². The van der Waals surface area contributed by atoms with E-state index in [2.05, 4.69) is 10.3 Å². The summed E-state index contributed by atoms with van der Waals surface area (Å²) in [5.74, 6) is 0.0682. The van der Waals surface area contributed by atoms with Gasteiger partial charge in [-0.15, -0.1) is 0 Å². The van der Waals surface area contributed by atoms with Crippen LogP contribution in [-0.4, -0.2) is 35.1 Å². The second kappa shape index (κ2) is 7.92. The second-order valence-corrected chi connectivity index (χ2v) is 6.03. The lowest BCUT2D eigenvalue weighted by Gasteiger charge is -2.22. The Kier molecular flexibility index (Phi) is 5.43. The summed E-state index contributed by atoms with van der Waals surface area (Å²) in [6.45, 7) is 3.11. The average molecular weight is 357 g/mol. The van der Waals surface area contributed by atoms with E-state index in [4.69, 9.17) is 9.47 Å². The Morgan fingerprint density at radius 3 is 2.73 bits per heavy atom. The van der Waals surface area contributed by atoms with Gasteiger partial charge in [-0.25, -0.2) is 4.98 Å². The molecule has 0 unspecified atom stereocenters. The van der Waals surface area contributed by atoms with Crippen molar-refractivity contribution in [1.82, 2.24) is 4.98 Å². The lowest BCUT2D eigenvalue weighted by molar-refractivity contribution is -0.384. The van der Waals surface area contributed by atoms with E-state index < -0.39 is 10.8 Å². The standard InChI is InChI=1S/C18H19N3O5/c1-12-2-4-14(21(23)24)10-16(12)20-18(22)13-3-5-17(19-11-13)26-15-6-8-25-9-7-15/h2-5,10-11,15H,6-9H2,1H3,(H,20,22). The first-order valence-corrected chi connectivity index (χ1v) is 8.30. The van der Waals surface area contributed by atoms with Crippen molar-refractivity contribution in [1.29, 1.82) is 0 Å². The van der Waals surface area contributed by atoms with E-state index in [1.54, 1.807) is 25.1 Å². The molecule has 3 rings (SSSR count). The number of carbonyl (C=O) groups excluding carboxylic acids is 1. The van der Waals surface area contributed by atoms with Crippen LogP contribution in [0.25, 0.3) is 0 Å². The zero-order chi connectivity index (χ0) is 18.5. The van der Waals surface area contributed by atoms with Crippen LogP contribution in [0, 0.1) is 17.0 Å². The third-order valence-electron chi connectivity index (χ3n) is 4.13. The maximum atomic E-state index is 12.4. The van der Waals surface area contributed by atoms with Crippen molar-refractivity contribution in [3.8, 4) is 5.88 Å². The maximum Gasteiger partial charge on any atom is 0.271 e. The highest BCUT2D eigenvalue weighted by molar-refractivity contribution is 6.04. The van der Waals surface area contributed by atoms with Gasteiger partial charge >= 0.3 is 0 Å². The van der Waals surface area contributed by atoms with Crippen molar-refractivity contribution in [2.24, 2.45) is 0 Å². The normalized spacial score (nSPS) is 14.7. The van der Waals surface area contributed by atoms with Crippen LogP contribution >= 0.6 is 0 Å². The number of non-ortho nitro benzene ring substituents is 1. The number of aromatic nitrogens is 1. The Hall–Kier alpha value is -3.00. The van der Waals surface area contributed by atoms with E-state index >= 15 is 0 Å². The molecule has 0 radical (unpaired) electrons. The zero-order valence-corrected chi connectivity index (χ0v) is 14.3. The van der Waals surface area contributed by atoms with Gasteiger partial charge in [0.15, 0.2) is 0 Å². The minimum absolute atomic E-state index is 0.0726. The van der Waals surface area contributed by atoms with Crippen LogP contribution in [0.15, 0.2) is 36.5 Å². The molecule has 1 fully saturated rings. The number of benzene rings is 1. The van der Waals surface area contributed by atoms with Gasteiger partial charge in [0.2, 0.25) is 5.88 Å². The van der Waals surface area contributed by atoms with Crippen molar-refractivity contribution in [3.05, 3.63) is 57.8 Å². The van der Waals surface area contributed by atoms with Crippen LogP contribution in [0.3, 0.4) is 0 Å². The smallest absolute Gasteiger partial charge is 0.271 e. The molecule has 8 nitrogen and oxygen atoms in total. The third-order valence-corrected chi connectivity index (χ3v) is 4.13. The number of rotatable bonds is 5. The number of ether oxygens (including phenoxy) is 2. The van der Waals surface area contributed by atoms with Gasteiger partial charge < -0.3 is 14.8 Å². The highest BCUT2D eigenvalue weighted by Gasteiger charge is 2.17. The largest absolute Gasteiger partial charge is 0.474 e. The topological polar surface area (TPSA) is 104 Å². The van der Waals surface area contributed by atoms with E-state index in [0.717, 1.165) is 18.4 Å². The summed E-state index contributed by atoms with van der Waals surface area (Å²) in [6, 6.07) is 7.59. The minimum atomic E-state index is -0.501. The van der Waals surface area contributed by atoms with E-state index in [1.807, 2.05) is 0 Å². The Morgan fingerprint density at radius 1 is 1.31 bits per heavy atom. The number of carbonyl (C=O) groups is 1. The van der Waals surface area contributed by atoms with Crippen molar-refractivity contribution in [2.45, 2.75) is 25.9 Å². The van der Waals surface area contributed by atoms with Crippen LogP contribution in [-0.2, 0) is 4.74 Å². The zero-order valence-electron chi connectivity index (χ0n) is 14.3. The molecule has 0 aliphatic carbocycles. The summed E-state index contributed by atoms with van der Waals surface area (Å²) in [5.41, 5.74) is 1.39. The number of amides is 1. The van der Waals surface area contributed by atoms with Gasteiger partial charge in [0, 0.05) is 37.2 Å². The predicted octanol–water partition coefficient (Wildman–Crippen LogP) is 3.11. The Balaban J connectivity index is 1.66. The van der Waals surface area contributed by atoms with Gasteiger partial charge in [-0.05, 0) is 18.6 Å². The minimum Gasteiger partial charge on any atom is -0.474 e. The number of nitrogens with one attached hydrogen (secondary N) is 1. The highest BCUT2D eigenvalue weighted by Crippen LogP contribution is 2.23. The fourth-order valence-electron chi connectivity index (χ4n) is 2.60. The molecule has 0 spiro atoms. The van der Waals surface area contributed by atoms with Crippen LogP contribution in [0.5, 0.6) is 5.88 Å². The molecule has 0 atom stereocenters. The monoisotopic (exact) mass is 357 g/mol. The van der Waals surface area contributed by atoms with Crippen molar-refractivity contribution in [3.63, 3.8) is 0 Å². The summed E-state index contributed by atoms with van der Waals surface area (Å²) in [6.07, 6.45) is 3.13. The molecule has 0 saturated carbocycles. The van der Waals surface area contributed by atoms with Crippen molar-refractivity contribution in [2.75, 3.05) is 18.5 Å². The quantitative estimate of drug-likeness (QED) is 0.651. The number of hydrogen-bond donors (Lipinski definition) is 1. The molecule has 0 bridgehead atoms. The molecule has 26 heavy (non-hydrogen) atoms. The van der Waals surface area contributed by atoms with E-state index in [-0.39, 0.29) is 11.8 Å². The molecule has 1 N–H and O–H groups in total. The van der Waals surface area contributed by atoms with Gasteiger partial charge in [0.25, 0.3) is 11.6 Å². The van der Waals surface area contributed by atoms with Crippen LogP contribution in [0.4, 0.5) is 11.4 Å². The highest BCUT2D eigenvalue weighted by atomic mass is 16.6. The van der Waals surface area contributed by atoms with Gasteiger partial charge in [-0.2, -0.15) is 0 Å². The molecular weight excluding hydrogens is 338 g/mol. The van der Waals surface area contributed by atoms with E-state index in [1.165, 1.54) is 18.3 Å². The van der Waals surface area contributed by atoms with E-state index in [9.17, 15) is 14.9 Å². The Labute approximate surface area is 150 Å². The number of hydrogen-bond acceptors (Lipinski definition) is 6. The molecule has 1 aromatic heterocycles. The summed E-state index contributed by atoms with van der Waals surface area (Å²) in [4.78, 5) is 26.9. The lowest BCUT2D eigenvalue weighted by atomic mass is 10.1. The first-order valence-electron chi connectivity index (χ1n) is 8.30. The number of aryl methyl sites for hydroxylation is 1. The van der Waals surface area contributed by atoms with E-state index in [0.29, 0.717) is 30.3 Å². The fourth-order valence-corrected chi connectivity index (χ4v) is 2.60. The van der Waals surface area contributed by atoms with Gasteiger partial charge in [0.05, 0.1) is 29.4 Å². The molecule has 1 aromatic carbocycles. The maximum absolute atomic E-state index is 12.4. The number of nitro groups is 1. The summed E-state index contributed by atoms with van der Waals surface area (Å²) >= 11 is 0. The van der Waals surface area contributed by atoms with Crippen LogP contribution in [0.2, 0.25) is 0 Å². The molecular formula is C18H19N3O5. The molecule has 8 heteroatoms. The van der Waals surface area contributed by atoms with Crippen molar-refractivity contribution < 1.29 is 19.2 Å². The summed E-state index contributed by atoms with van der Waals surface area (Å²) in [7, 11) is 0. The summed E-state index contributed by atoms with van der Waals surface area (Å²) in [5, 5.41) is 13.6.